The summed E-state index contributed by atoms with van der Waals surface area (Å²) in [6.45, 7) is 4.85. The van der Waals surface area contributed by atoms with Gasteiger partial charge in [-0.25, -0.2) is 4.98 Å². The van der Waals surface area contributed by atoms with E-state index in [0.29, 0.717) is 12.5 Å². The number of anilines is 1. The minimum Gasteiger partial charge on any atom is -0.381 e. The lowest BCUT2D eigenvalue weighted by molar-refractivity contribution is 0.0988. The van der Waals surface area contributed by atoms with Gasteiger partial charge in [-0.2, -0.15) is 0 Å². The largest absolute Gasteiger partial charge is 0.381 e. The van der Waals surface area contributed by atoms with E-state index in [1.54, 1.807) is 12.5 Å². The summed E-state index contributed by atoms with van der Waals surface area (Å²) >= 11 is 0. The quantitative estimate of drug-likeness (QED) is 0.809. The molecule has 0 fully saturated rings. The van der Waals surface area contributed by atoms with Gasteiger partial charge in [-0.1, -0.05) is 6.92 Å². The Morgan fingerprint density at radius 2 is 2.11 bits per heavy atom. The maximum Gasteiger partial charge on any atom is 0.162 e. The van der Waals surface area contributed by atoms with Gasteiger partial charge in [0.2, 0.25) is 0 Å². The fourth-order valence-electron chi connectivity index (χ4n) is 2.00. The van der Waals surface area contributed by atoms with Crippen LogP contribution in [0.4, 0.5) is 5.69 Å². The Labute approximate surface area is 113 Å². The topological polar surface area (TPSA) is 46.9 Å². The number of hydrogen-bond acceptors (Lipinski definition) is 3. The second-order valence-electron chi connectivity index (χ2n) is 4.66. The van der Waals surface area contributed by atoms with E-state index in [2.05, 4.69) is 17.2 Å². The fraction of sp³-hybridized carbons (Fsp3) is 0.333. The van der Waals surface area contributed by atoms with Crippen molar-refractivity contribution < 1.29 is 4.79 Å². The molecule has 0 amide bonds. The zero-order valence-corrected chi connectivity index (χ0v) is 11.3. The molecule has 1 heterocycles. The number of imidazole rings is 1. The summed E-state index contributed by atoms with van der Waals surface area (Å²) in [5, 5.41) is 3.40. The van der Waals surface area contributed by atoms with Crippen LogP contribution in [-0.4, -0.2) is 21.4 Å². The molecule has 1 unspecified atom stereocenters. The van der Waals surface area contributed by atoms with E-state index in [1.807, 2.05) is 42.0 Å². The van der Waals surface area contributed by atoms with Gasteiger partial charge in [-0.15, -0.1) is 0 Å². The number of ketones is 1. The van der Waals surface area contributed by atoms with E-state index in [0.717, 1.165) is 17.8 Å². The van der Waals surface area contributed by atoms with Gasteiger partial charge in [-0.3, -0.25) is 4.79 Å². The maximum absolute atomic E-state index is 11.5. The molecule has 19 heavy (non-hydrogen) atoms. The van der Waals surface area contributed by atoms with Crippen LogP contribution < -0.4 is 5.32 Å². The summed E-state index contributed by atoms with van der Waals surface area (Å²) in [5.74, 6) is 0.179. The van der Waals surface area contributed by atoms with Crippen LogP contribution in [-0.2, 0) is 6.54 Å². The van der Waals surface area contributed by atoms with Crippen molar-refractivity contribution >= 4 is 11.5 Å². The predicted octanol–water partition coefficient (Wildman–Crippen LogP) is 2.98. The molecule has 0 aliphatic heterocycles. The van der Waals surface area contributed by atoms with E-state index in [1.165, 1.54) is 0 Å². The first kappa shape index (κ1) is 13.3. The lowest BCUT2D eigenvalue weighted by Crippen LogP contribution is -2.21. The van der Waals surface area contributed by atoms with Crippen molar-refractivity contribution in [3.63, 3.8) is 0 Å². The van der Waals surface area contributed by atoms with Gasteiger partial charge >= 0.3 is 0 Å². The van der Waals surface area contributed by atoms with E-state index in [4.69, 9.17) is 0 Å². The standard InChI is InChI=1S/C15H19N3O/c1-3-15(19)13-4-6-14(7-5-13)17-12(2)10-18-9-8-16-11-18/h4-9,11-12,17H,3,10H2,1-2H3. The van der Waals surface area contributed by atoms with Crippen LogP contribution in [0.15, 0.2) is 43.0 Å². The first-order chi connectivity index (χ1) is 9.19. The van der Waals surface area contributed by atoms with E-state index < -0.39 is 0 Å². The Morgan fingerprint density at radius 3 is 2.68 bits per heavy atom. The second-order valence-corrected chi connectivity index (χ2v) is 4.66. The Morgan fingerprint density at radius 1 is 1.37 bits per heavy atom. The number of aromatic nitrogens is 2. The number of benzene rings is 1. The highest BCUT2D eigenvalue weighted by Crippen LogP contribution is 2.12. The molecule has 4 nitrogen and oxygen atoms in total. The zero-order valence-electron chi connectivity index (χ0n) is 11.3. The molecule has 2 aromatic rings. The highest BCUT2D eigenvalue weighted by atomic mass is 16.1. The summed E-state index contributed by atoms with van der Waals surface area (Å²) < 4.78 is 2.03. The molecule has 1 atom stereocenters. The maximum atomic E-state index is 11.5. The molecule has 100 valence electrons. The Kier molecular flexibility index (Phi) is 4.34. The highest BCUT2D eigenvalue weighted by Gasteiger charge is 2.05. The van der Waals surface area contributed by atoms with Gasteiger partial charge in [0.05, 0.1) is 6.33 Å². The van der Waals surface area contributed by atoms with Crippen molar-refractivity contribution in [3.8, 4) is 0 Å². The smallest absolute Gasteiger partial charge is 0.162 e. The third kappa shape index (κ3) is 3.68. The average Bonchev–Trinajstić information content (AvgIpc) is 2.91. The SMILES string of the molecule is CCC(=O)c1ccc(NC(C)Cn2ccnc2)cc1. The molecule has 0 saturated heterocycles. The molecule has 0 saturated carbocycles. The molecular formula is C15H19N3O. The van der Waals surface area contributed by atoms with Crippen LogP contribution in [0.3, 0.4) is 0 Å². The van der Waals surface area contributed by atoms with Crippen LogP contribution in [0.25, 0.3) is 0 Å². The predicted molar refractivity (Wildman–Crippen MR) is 76.4 cm³/mol. The number of rotatable bonds is 6. The first-order valence-corrected chi connectivity index (χ1v) is 6.54. The monoisotopic (exact) mass is 257 g/mol. The number of Topliss-reactive ketones (excluding diaryl/α,β-unsaturated/α-hetero) is 1. The van der Waals surface area contributed by atoms with Crippen molar-refractivity contribution in [1.82, 2.24) is 9.55 Å². The highest BCUT2D eigenvalue weighted by molar-refractivity contribution is 5.96. The molecule has 2 rings (SSSR count). The van der Waals surface area contributed by atoms with Gasteiger partial charge in [0.25, 0.3) is 0 Å². The molecule has 0 radical (unpaired) electrons. The molecule has 1 N–H and O–H groups in total. The number of carbonyl (C=O) groups excluding carboxylic acids is 1. The minimum absolute atomic E-state index is 0.179. The summed E-state index contributed by atoms with van der Waals surface area (Å²) in [6.07, 6.45) is 6.07. The summed E-state index contributed by atoms with van der Waals surface area (Å²) in [5.41, 5.74) is 1.80. The summed E-state index contributed by atoms with van der Waals surface area (Å²) in [7, 11) is 0. The summed E-state index contributed by atoms with van der Waals surface area (Å²) in [4.78, 5) is 15.5. The fourth-order valence-corrected chi connectivity index (χ4v) is 2.00. The van der Waals surface area contributed by atoms with Gasteiger partial charge in [0, 0.05) is 42.7 Å². The Hall–Kier alpha value is -2.10. The third-order valence-corrected chi connectivity index (χ3v) is 2.98. The van der Waals surface area contributed by atoms with Crippen molar-refractivity contribution in [2.24, 2.45) is 0 Å². The molecule has 1 aromatic heterocycles. The van der Waals surface area contributed by atoms with Crippen molar-refractivity contribution in [2.75, 3.05) is 5.32 Å². The average molecular weight is 257 g/mol. The molecule has 0 bridgehead atoms. The van der Waals surface area contributed by atoms with Crippen LogP contribution in [0.2, 0.25) is 0 Å². The third-order valence-electron chi connectivity index (χ3n) is 2.98. The second kappa shape index (κ2) is 6.18. The number of hydrogen-bond donors (Lipinski definition) is 1. The van der Waals surface area contributed by atoms with Crippen LogP contribution in [0, 0.1) is 0 Å². The summed E-state index contributed by atoms with van der Waals surface area (Å²) in [6, 6.07) is 7.94. The minimum atomic E-state index is 0.179. The Bertz CT molecular complexity index is 517. The molecule has 1 aromatic carbocycles. The number of nitrogens with one attached hydrogen (secondary N) is 1. The van der Waals surface area contributed by atoms with Crippen LogP contribution in [0.1, 0.15) is 30.6 Å². The van der Waals surface area contributed by atoms with Crippen LogP contribution >= 0.6 is 0 Å². The molecule has 0 spiro atoms. The van der Waals surface area contributed by atoms with Crippen LogP contribution in [0.5, 0.6) is 0 Å². The molecule has 0 aliphatic carbocycles. The van der Waals surface area contributed by atoms with Gasteiger partial charge in [0.1, 0.15) is 0 Å². The van der Waals surface area contributed by atoms with Crippen molar-refractivity contribution in [3.05, 3.63) is 48.5 Å². The number of nitrogens with zero attached hydrogens (tertiary/aromatic N) is 2. The molecule has 4 heteroatoms. The number of carbonyl (C=O) groups is 1. The normalized spacial score (nSPS) is 12.1. The molecular weight excluding hydrogens is 238 g/mol. The molecule has 0 aliphatic rings. The Balaban J connectivity index is 1.93. The lowest BCUT2D eigenvalue weighted by Gasteiger charge is -2.16. The van der Waals surface area contributed by atoms with Crippen molar-refractivity contribution in [1.29, 1.82) is 0 Å². The van der Waals surface area contributed by atoms with E-state index in [9.17, 15) is 4.79 Å². The van der Waals surface area contributed by atoms with Gasteiger partial charge in [-0.05, 0) is 31.2 Å². The lowest BCUT2D eigenvalue weighted by atomic mass is 10.1. The van der Waals surface area contributed by atoms with Gasteiger partial charge < -0.3 is 9.88 Å². The van der Waals surface area contributed by atoms with E-state index in [-0.39, 0.29) is 5.78 Å². The van der Waals surface area contributed by atoms with E-state index >= 15 is 0 Å². The van der Waals surface area contributed by atoms with Crippen molar-refractivity contribution in [2.45, 2.75) is 32.9 Å². The van der Waals surface area contributed by atoms with Gasteiger partial charge in [0.15, 0.2) is 5.78 Å². The zero-order chi connectivity index (χ0) is 13.7. The first-order valence-electron chi connectivity index (χ1n) is 6.54.